The number of hydrogen-bond acceptors (Lipinski definition) is 5. The monoisotopic (exact) mass is 324 g/mol. The average molecular weight is 324 g/mol. The van der Waals surface area contributed by atoms with E-state index >= 15 is 0 Å². The summed E-state index contributed by atoms with van der Waals surface area (Å²) in [6, 6.07) is -0.197. The highest BCUT2D eigenvalue weighted by Crippen LogP contribution is 2.34. The van der Waals surface area contributed by atoms with Crippen molar-refractivity contribution < 1.29 is 24.3 Å². The van der Waals surface area contributed by atoms with Crippen LogP contribution in [-0.4, -0.2) is 51.9 Å². The molecule has 3 N–H and O–H groups in total. The fraction of sp³-hybridized carbons (Fsp3) is 0.500. The number of carbonyl (C=O) groups excluding carboxylic acids is 3. The molecule has 4 atom stereocenters. The summed E-state index contributed by atoms with van der Waals surface area (Å²) in [6.07, 6.45) is 1.54. The van der Waals surface area contributed by atoms with Crippen LogP contribution in [0.3, 0.4) is 0 Å². The topological polar surface area (TPSA) is 113 Å². The number of amides is 2. The predicted molar refractivity (Wildman–Crippen MR) is 80.3 cm³/mol. The zero-order chi connectivity index (χ0) is 16.3. The lowest BCUT2D eigenvalue weighted by atomic mass is 9.90. The maximum Gasteiger partial charge on any atom is 0.319 e. The van der Waals surface area contributed by atoms with E-state index in [1.165, 1.54) is 0 Å². The number of carboxylic acid groups (broad SMARTS) is 1. The van der Waals surface area contributed by atoms with Gasteiger partial charge >= 0.3 is 12.0 Å². The first-order chi connectivity index (χ1) is 10.5. The second kappa shape index (κ2) is 6.81. The lowest BCUT2D eigenvalue weighted by Gasteiger charge is -2.18. The molecular formula is C14H16N2O5S. The van der Waals surface area contributed by atoms with E-state index < -0.39 is 17.7 Å². The van der Waals surface area contributed by atoms with E-state index in [0.717, 1.165) is 11.8 Å². The van der Waals surface area contributed by atoms with E-state index in [1.54, 1.807) is 17.7 Å². The Hall–Kier alpha value is -2.05. The summed E-state index contributed by atoms with van der Waals surface area (Å²) >= 11 is 1.65. The van der Waals surface area contributed by atoms with Crippen molar-refractivity contribution in [3.8, 4) is 0 Å². The van der Waals surface area contributed by atoms with E-state index in [4.69, 9.17) is 5.11 Å². The number of carboxylic acids is 1. The second-order valence-electron chi connectivity index (χ2n) is 5.17. The van der Waals surface area contributed by atoms with Gasteiger partial charge in [-0.1, -0.05) is 6.58 Å². The van der Waals surface area contributed by atoms with Crippen molar-refractivity contribution in [2.24, 2.45) is 5.92 Å². The molecule has 2 fully saturated rings. The van der Waals surface area contributed by atoms with Gasteiger partial charge in [-0.05, 0) is 18.9 Å². The van der Waals surface area contributed by atoms with Crippen LogP contribution < -0.4 is 10.6 Å². The second-order valence-corrected chi connectivity index (χ2v) is 6.44. The number of nitrogens with one attached hydrogen (secondary N) is 2. The molecule has 2 rings (SSSR count). The molecule has 2 amide bonds. The molecule has 118 valence electrons. The molecule has 0 spiro atoms. The van der Waals surface area contributed by atoms with Gasteiger partial charge in [0, 0.05) is 16.6 Å². The molecule has 2 aliphatic rings. The number of fused-ring (bicyclic) bond motifs is 1. The molecule has 0 aromatic carbocycles. The van der Waals surface area contributed by atoms with E-state index in [0.29, 0.717) is 6.42 Å². The summed E-state index contributed by atoms with van der Waals surface area (Å²) in [7, 11) is 0. The van der Waals surface area contributed by atoms with Crippen molar-refractivity contribution in [2.75, 3.05) is 5.75 Å². The Balaban J connectivity index is 2.01. The SMILES string of the molecule is C=CC(=O)C(C(=O)O)C(=C=O)CC[C@@H]1SC[C@@H]2NC(=O)N[C@@H]21. The normalized spacial score (nSPS) is 27.1. The van der Waals surface area contributed by atoms with Crippen LogP contribution in [-0.2, 0) is 14.4 Å². The molecule has 0 saturated carbocycles. The molecule has 0 aliphatic carbocycles. The third-order valence-corrected chi connectivity index (χ3v) is 5.36. The molecule has 2 saturated heterocycles. The number of aliphatic carboxylic acids is 1. The van der Waals surface area contributed by atoms with Gasteiger partial charge in [-0.15, -0.1) is 0 Å². The molecule has 7 nitrogen and oxygen atoms in total. The average Bonchev–Trinajstić information content (AvgIpc) is 3.01. The number of ketones is 1. The summed E-state index contributed by atoms with van der Waals surface area (Å²) < 4.78 is 0. The molecule has 0 aromatic heterocycles. The van der Waals surface area contributed by atoms with Crippen LogP contribution in [0.1, 0.15) is 12.8 Å². The van der Waals surface area contributed by atoms with Gasteiger partial charge < -0.3 is 15.7 Å². The Morgan fingerprint density at radius 2 is 2.23 bits per heavy atom. The van der Waals surface area contributed by atoms with Gasteiger partial charge in [0.1, 0.15) is 5.94 Å². The Morgan fingerprint density at radius 1 is 1.50 bits per heavy atom. The van der Waals surface area contributed by atoms with Gasteiger partial charge in [0.15, 0.2) is 11.7 Å². The van der Waals surface area contributed by atoms with E-state index in [9.17, 15) is 19.2 Å². The zero-order valence-electron chi connectivity index (χ0n) is 11.7. The fourth-order valence-electron chi connectivity index (χ4n) is 2.76. The lowest BCUT2D eigenvalue weighted by molar-refractivity contribution is -0.143. The molecule has 0 aromatic rings. The minimum Gasteiger partial charge on any atom is -0.480 e. The number of allylic oxidation sites excluding steroid dienone is 1. The zero-order valence-corrected chi connectivity index (χ0v) is 12.5. The molecular weight excluding hydrogens is 308 g/mol. The number of urea groups is 1. The van der Waals surface area contributed by atoms with Crippen LogP contribution in [0.5, 0.6) is 0 Å². The van der Waals surface area contributed by atoms with Crippen LogP contribution >= 0.6 is 11.8 Å². The van der Waals surface area contributed by atoms with Crippen molar-refractivity contribution in [1.82, 2.24) is 10.6 Å². The third-order valence-electron chi connectivity index (χ3n) is 3.85. The summed E-state index contributed by atoms with van der Waals surface area (Å²) in [5.74, 6) is -1.26. The standard InChI is InChI=1S/C14H16N2O5S/c1-2-9(18)11(13(19)20)7(5-17)3-4-10-12-8(6-22-10)15-14(21)16-12/h2,8,10-12H,1,3-4,6H2,(H,19,20)(H2,15,16,21)/t8-,10-,11?,12-/m0/s1. The third kappa shape index (κ3) is 3.23. The molecule has 2 aliphatic heterocycles. The first kappa shape index (κ1) is 16.3. The maximum absolute atomic E-state index is 11.6. The van der Waals surface area contributed by atoms with Crippen LogP contribution in [0.25, 0.3) is 0 Å². The van der Waals surface area contributed by atoms with E-state index in [2.05, 4.69) is 17.2 Å². The van der Waals surface area contributed by atoms with Gasteiger partial charge in [-0.2, -0.15) is 11.8 Å². The first-order valence-electron chi connectivity index (χ1n) is 6.79. The lowest BCUT2D eigenvalue weighted by Crippen LogP contribution is -2.37. The van der Waals surface area contributed by atoms with Gasteiger partial charge in [0.05, 0.1) is 12.1 Å². The van der Waals surface area contributed by atoms with Crippen LogP contribution in [0.4, 0.5) is 4.79 Å². The largest absolute Gasteiger partial charge is 0.480 e. The van der Waals surface area contributed by atoms with Crippen LogP contribution in [0.15, 0.2) is 18.2 Å². The Labute approximate surface area is 131 Å². The van der Waals surface area contributed by atoms with Crippen molar-refractivity contribution in [2.45, 2.75) is 30.2 Å². The number of carbonyl (C=O) groups is 3. The van der Waals surface area contributed by atoms with Gasteiger partial charge in [-0.3, -0.25) is 9.59 Å². The molecule has 0 radical (unpaired) electrons. The summed E-state index contributed by atoms with van der Waals surface area (Å²) in [4.78, 5) is 45.1. The van der Waals surface area contributed by atoms with Gasteiger partial charge in [0.2, 0.25) is 0 Å². The smallest absolute Gasteiger partial charge is 0.319 e. The van der Waals surface area contributed by atoms with Gasteiger partial charge in [-0.25, -0.2) is 9.59 Å². The minimum absolute atomic E-state index is 0.0382. The van der Waals surface area contributed by atoms with Crippen molar-refractivity contribution in [3.63, 3.8) is 0 Å². The Kier molecular flexibility index (Phi) is 5.05. The van der Waals surface area contributed by atoms with Crippen LogP contribution in [0.2, 0.25) is 0 Å². The molecule has 2 heterocycles. The number of hydrogen-bond donors (Lipinski definition) is 3. The number of rotatable bonds is 7. The number of thioether (sulfide) groups is 1. The molecule has 0 bridgehead atoms. The summed E-state index contributed by atoms with van der Waals surface area (Å²) in [5.41, 5.74) is -0.0845. The van der Waals surface area contributed by atoms with Gasteiger partial charge in [0.25, 0.3) is 0 Å². The van der Waals surface area contributed by atoms with E-state index in [-0.39, 0.29) is 35.4 Å². The molecule has 22 heavy (non-hydrogen) atoms. The highest BCUT2D eigenvalue weighted by atomic mass is 32.2. The first-order valence-corrected chi connectivity index (χ1v) is 7.84. The summed E-state index contributed by atoms with van der Waals surface area (Å²) in [5, 5.41) is 14.8. The van der Waals surface area contributed by atoms with Crippen LogP contribution in [0, 0.1) is 5.92 Å². The highest BCUT2D eigenvalue weighted by molar-refractivity contribution is 8.00. The predicted octanol–water partition coefficient (Wildman–Crippen LogP) is 0.146. The fourth-order valence-corrected chi connectivity index (χ4v) is 4.25. The quantitative estimate of drug-likeness (QED) is 0.266. The minimum atomic E-state index is -1.52. The van der Waals surface area contributed by atoms with Crippen molar-refractivity contribution in [3.05, 3.63) is 18.2 Å². The van der Waals surface area contributed by atoms with Crippen molar-refractivity contribution >= 4 is 35.5 Å². The van der Waals surface area contributed by atoms with E-state index in [1.807, 2.05) is 0 Å². The highest BCUT2D eigenvalue weighted by Gasteiger charge is 2.43. The Bertz CT molecular complexity index is 570. The summed E-state index contributed by atoms with van der Waals surface area (Å²) in [6.45, 7) is 3.25. The molecule has 1 unspecified atom stereocenters. The Morgan fingerprint density at radius 3 is 2.82 bits per heavy atom. The van der Waals surface area contributed by atoms with Crippen molar-refractivity contribution in [1.29, 1.82) is 0 Å². The molecule has 8 heteroatoms. The maximum atomic E-state index is 11.6.